The highest BCUT2D eigenvalue weighted by Gasteiger charge is 2.28. The minimum Gasteiger partial charge on any atom is -0.332 e. The number of carbonyl (C=O) groups excluding carboxylic acids is 1. The Bertz CT molecular complexity index is 833. The van der Waals surface area contributed by atoms with Crippen molar-refractivity contribution in [1.29, 1.82) is 0 Å². The van der Waals surface area contributed by atoms with E-state index in [9.17, 15) is 13.2 Å². The molecule has 2 N–H and O–H groups in total. The number of hydrogen-bond acceptors (Lipinski definition) is 5. The SMILES string of the molecule is CCc1ccc(C2CNCCN2C(=O)CNS(=O)(=O)c2cccs2)cc1. The Balaban J connectivity index is 1.69. The monoisotopic (exact) mass is 393 g/mol. The molecule has 1 aliphatic heterocycles. The summed E-state index contributed by atoms with van der Waals surface area (Å²) in [7, 11) is -3.64. The lowest BCUT2D eigenvalue weighted by Crippen LogP contribution is -2.51. The number of amides is 1. The Labute approximate surface area is 158 Å². The van der Waals surface area contributed by atoms with E-state index in [2.05, 4.69) is 29.1 Å². The summed E-state index contributed by atoms with van der Waals surface area (Å²) < 4.78 is 27.1. The van der Waals surface area contributed by atoms with Crippen LogP contribution in [0.1, 0.15) is 24.1 Å². The highest BCUT2D eigenvalue weighted by molar-refractivity contribution is 7.91. The van der Waals surface area contributed by atoms with Crippen molar-refractivity contribution < 1.29 is 13.2 Å². The average molecular weight is 394 g/mol. The van der Waals surface area contributed by atoms with E-state index in [4.69, 9.17) is 0 Å². The van der Waals surface area contributed by atoms with Crippen LogP contribution in [0.5, 0.6) is 0 Å². The molecule has 8 heteroatoms. The van der Waals surface area contributed by atoms with Crippen LogP contribution in [0.4, 0.5) is 0 Å². The van der Waals surface area contributed by atoms with Crippen molar-refractivity contribution in [2.24, 2.45) is 0 Å². The number of hydrogen-bond donors (Lipinski definition) is 2. The highest BCUT2D eigenvalue weighted by Crippen LogP contribution is 2.23. The summed E-state index contributed by atoms with van der Waals surface area (Å²) in [5.41, 5.74) is 2.31. The van der Waals surface area contributed by atoms with Gasteiger partial charge in [0.2, 0.25) is 5.91 Å². The Morgan fingerprint density at radius 2 is 2.08 bits per heavy atom. The molecule has 3 rings (SSSR count). The van der Waals surface area contributed by atoms with Crippen LogP contribution < -0.4 is 10.0 Å². The van der Waals surface area contributed by atoms with E-state index in [1.54, 1.807) is 16.3 Å². The molecule has 1 saturated heterocycles. The van der Waals surface area contributed by atoms with Gasteiger partial charge in [0.05, 0.1) is 12.6 Å². The maximum absolute atomic E-state index is 12.7. The summed E-state index contributed by atoms with van der Waals surface area (Å²) in [5, 5.41) is 5.01. The second-order valence-corrected chi connectivity index (χ2v) is 9.10. The zero-order valence-corrected chi connectivity index (χ0v) is 16.3. The number of rotatable bonds is 6. The van der Waals surface area contributed by atoms with Crippen LogP contribution in [0.3, 0.4) is 0 Å². The standard InChI is InChI=1S/C18H23N3O3S2/c1-2-14-5-7-15(8-6-14)16-12-19-9-10-21(16)17(22)13-20-26(23,24)18-4-3-11-25-18/h3-8,11,16,19-20H,2,9-10,12-13H2,1H3. The van der Waals surface area contributed by atoms with Gasteiger partial charge in [-0.1, -0.05) is 37.3 Å². The maximum Gasteiger partial charge on any atom is 0.250 e. The van der Waals surface area contributed by atoms with Crippen LogP contribution in [0.25, 0.3) is 0 Å². The van der Waals surface area contributed by atoms with Gasteiger partial charge >= 0.3 is 0 Å². The Hall–Kier alpha value is -1.74. The van der Waals surface area contributed by atoms with Gasteiger partial charge < -0.3 is 10.2 Å². The number of nitrogens with one attached hydrogen (secondary N) is 2. The minimum atomic E-state index is -3.64. The molecule has 1 fully saturated rings. The van der Waals surface area contributed by atoms with E-state index in [1.165, 1.54) is 11.6 Å². The smallest absolute Gasteiger partial charge is 0.250 e. The van der Waals surface area contributed by atoms with Gasteiger partial charge in [-0.3, -0.25) is 4.79 Å². The molecule has 26 heavy (non-hydrogen) atoms. The van der Waals surface area contributed by atoms with Crippen molar-refractivity contribution in [3.63, 3.8) is 0 Å². The number of benzene rings is 1. The van der Waals surface area contributed by atoms with E-state index in [0.29, 0.717) is 19.6 Å². The molecule has 1 amide bonds. The van der Waals surface area contributed by atoms with Crippen LogP contribution in [0.15, 0.2) is 46.0 Å². The van der Waals surface area contributed by atoms with E-state index in [-0.39, 0.29) is 22.7 Å². The van der Waals surface area contributed by atoms with Crippen molar-refractivity contribution in [3.05, 3.63) is 52.9 Å². The van der Waals surface area contributed by atoms with Gasteiger partial charge in [0, 0.05) is 19.6 Å². The van der Waals surface area contributed by atoms with Gasteiger partial charge in [-0.05, 0) is 29.0 Å². The van der Waals surface area contributed by atoms with Gasteiger partial charge in [0.25, 0.3) is 10.0 Å². The lowest BCUT2D eigenvalue weighted by Gasteiger charge is -2.36. The molecule has 0 radical (unpaired) electrons. The summed E-state index contributed by atoms with van der Waals surface area (Å²) >= 11 is 1.13. The molecule has 1 atom stereocenters. The molecular weight excluding hydrogens is 370 g/mol. The molecule has 0 bridgehead atoms. The number of nitrogens with zero attached hydrogens (tertiary/aromatic N) is 1. The molecule has 2 aromatic rings. The first kappa shape index (κ1) is 19.0. The van der Waals surface area contributed by atoms with Crippen molar-refractivity contribution in [2.45, 2.75) is 23.6 Å². The molecule has 0 saturated carbocycles. The maximum atomic E-state index is 12.7. The zero-order valence-electron chi connectivity index (χ0n) is 14.6. The molecule has 0 aliphatic carbocycles. The third-order valence-electron chi connectivity index (χ3n) is 4.51. The summed E-state index contributed by atoms with van der Waals surface area (Å²) in [6, 6.07) is 11.4. The van der Waals surface area contributed by atoms with Crippen LogP contribution in [0, 0.1) is 0 Å². The Kier molecular flexibility index (Phi) is 6.08. The number of aryl methyl sites for hydroxylation is 1. The van der Waals surface area contributed by atoms with Gasteiger partial charge in [0.1, 0.15) is 4.21 Å². The summed E-state index contributed by atoms with van der Waals surface area (Å²) in [6.45, 7) is 3.79. The predicted octanol–water partition coefficient (Wildman–Crippen LogP) is 1.76. The van der Waals surface area contributed by atoms with E-state index < -0.39 is 10.0 Å². The fraction of sp³-hybridized carbons (Fsp3) is 0.389. The second-order valence-electron chi connectivity index (χ2n) is 6.16. The third-order valence-corrected chi connectivity index (χ3v) is 7.31. The van der Waals surface area contributed by atoms with Crippen LogP contribution in [-0.2, 0) is 21.2 Å². The van der Waals surface area contributed by atoms with Gasteiger partial charge in [0.15, 0.2) is 0 Å². The fourth-order valence-electron chi connectivity index (χ4n) is 3.02. The molecule has 1 aliphatic rings. The van der Waals surface area contributed by atoms with Crippen molar-refractivity contribution in [3.8, 4) is 0 Å². The summed E-state index contributed by atoms with van der Waals surface area (Å²) in [4.78, 5) is 14.5. The Morgan fingerprint density at radius 1 is 1.31 bits per heavy atom. The van der Waals surface area contributed by atoms with E-state index in [1.807, 2.05) is 12.1 Å². The number of thiophene rings is 1. The van der Waals surface area contributed by atoms with Crippen LogP contribution >= 0.6 is 11.3 Å². The number of piperazine rings is 1. The average Bonchev–Trinajstić information content (AvgIpc) is 3.22. The van der Waals surface area contributed by atoms with Gasteiger partial charge in [-0.25, -0.2) is 13.1 Å². The minimum absolute atomic E-state index is 0.0894. The highest BCUT2D eigenvalue weighted by atomic mass is 32.2. The lowest BCUT2D eigenvalue weighted by molar-refractivity contribution is -0.133. The first-order valence-electron chi connectivity index (χ1n) is 8.63. The predicted molar refractivity (Wildman–Crippen MR) is 103 cm³/mol. The number of sulfonamides is 1. The van der Waals surface area contributed by atoms with E-state index in [0.717, 1.165) is 23.3 Å². The molecule has 6 nitrogen and oxygen atoms in total. The van der Waals surface area contributed by atoms with Crippen LogP contribution in [-0.4, -0.2) is 45.4 Å². The topological polar surface area (TPSA) is 78.5 Å². The Morgan fingerprint density at radius 3 is 2.73 bits per heavy atom. The molecular formula is C18H23N3O3S2. The molecule has 0 spiro atoms. The molecule has 140 valence electrons. The normalized spacial score (nSPS) is 18.0. The van der Waals surface area contributed by atoms with Gasteiger partial charge in [-0.15, -0.1) is 11.3 Å². The third kappa shape index (κ3) is 4.32. The second kappa shape index (κ2) is 8.30. The molecule has 1 unspecified atom stereocenters. The fourth-order valence-corrected chi connectivity index (χ4v) is 5.03. The summed E-state index contributed by atoms with van der Waals surface area (Å²) in [6.07, 6.45) is 0.969. The van der Waals surface area contributed by atoms with Gasteiger partial charge in [-0.2, -0.15) is 0 Å². The first-order chi connectivity index (χ1) is 12.5. The molecule has 2 heterocycles. The quantitative estimate of drug-likeness (QED) is 0.784. The van der Waals surface area contributed by atoms with Crippen molar-refractivity contribution in [1.82, 2.24) is 14.9 Å². The first-order valence-corrected chi connectivity index (χ1v) is 11.0. The molecule has 1 aromatic heterocycles. The zero-order chi connectivity index (χ0) is 18.6. The molecule has 1 aromatic carbocycles. The number of carbonyl (C=O) groups is 1. The largest absolute Gasteiger partial charge is 0.332 e. The van der Waals surface area contributed by atoms with E-state index >= 15 is 0 Å². The van der Waals surface area contributed by atoms with Crippen molar-refractivity contribution >= 4 is 27.3 Å². The van der Waals surface area contributed by atoms with Crippen molar-refractivity contribution in [2.75, 3.05) is 26.2 Å². The summed E-state index contributed by atoms with van der Waals surface area (Å²) in [5.74, 6) is -0.212. The lowest BCUT2D eigenvalue weighted by atomic mass is 10.0. The van der Waals surface area contributed by atoms with Crippen LogP contribution in [0.2, 0.25) is 0 Å².